The normalized spacial score (nSPS) is 18.1. The van der Waals surface area contributed by atoms with Gasteiger partial charge in [0.05, 0.1) is 11.7 Å². The Balaban J connectivity index is 1.40. The zero-order chi connectivity index (χ0) is 26.3. The average Bonchev–Trinajstić information content (AvgIpc) is 3.20. The summed E-state index contributed by atoms with van der Waals surface area (Å²) in [6.45, 7) is 10.2. The van der Waals surface area contributed by atoms with E-state index in [1.807, 2.05) is 38.3 Å². The van der Waals surface area contributed by atoms with Crippen LogP contribution in [-0.2, 0) is 6.42 Å². The van der Waals surface area contributed by atoms with Crippen molar-refractivity contribution >= 4 is 22.8 Å². The fourth-order valence-electron chi connectivity index (χ4n) is 5.52. The summed E-state index contributed by atoms with van der Waals surface area (Å²) in [5.41, 5.74) is 3.45. The summed E-state index contributed by atoms with van der Waals surface area (Å²) in [6.07, 6.45) is 7.30. The summed E-state index contributed by atoms with van der Waals surface area (Å²) in [7, 11) is 0. The summed E-state index contributed by atoms with van der Waals surface area (Å²) < 4.78 is 31.7. The molecule has 0 radical (unpaired) electrons. The molecule has 8 heteroatoms. The Morgan fingerprint density at radius 2 is 1.76 bits per heavy atom. The van der Waals surface area contributed by atoms with Crippen LogP contribution in [0.1, 0.15) is 69.6 Å². The first-order valence-corrected chi connectivity index (χ1v) is 13.1. The van der Waals surface area contributed by atoms with Crippen LogP contribution in [0.25, 0.3) is 22.3 Å². The first-order valence-electron chi connectivity index (χ1n) is 13.1. The third-order valence-corrected chi connectivity index (χ3v) is 7.54. The van der Waals surface area contributed by atoms with Gasteiger partial charge in [-0.05, 0) is 82.6 Å². The lowest BCUT2D eigenvalue weighted by atomic mass is 9.80. The number of hydrogen-bond donors (Lipinski definition) is 1. The van der Waals surface area contributed by atoms with Crippen molar-refractivity contribution in [3.63, 3.8) is 0 Å². The first-order chi connectivity index (χ1) is 17.7. The van der Waals surface area contributed by atoms with Crippen LogP contribution in [0.5, 0.6) is 0 Å². The van der Waals surface area contributed by atoms with Gasteiger partial charge in [0.25, 0.3) is 0 Å². The Bertz CT molecular complexity index is 1440. The smallest absolute Gasteiger partial charge is 0.229 e. The molecule has 0 saturated heterocycles. The number of aryl methyl sites for hydroxylation is 2. The van der Waals surface area contributed by atoms with Crippen LogP contribution >= 0.6 is 0 Å². The minimum atomic E-state index is -0.627. The van der Waals surface area contributed by atoms with Crippen LogP contribution in [-0.4, -0.2) is 24.5 Å². The van der Waals surface area contributed by atoms with Gasteiger partial charge in [-0.2, -0.15) is 0 Å². The van der Waals surface area contributed by atoms with Crippen LogP contribution < -0.4 is 5.32 Å². The first kappa shape index (κ1) is 25.2. The Kier molecular flexibility index (Phi) is 6.92. The van der Waals surface area contributed by atoms with Crippen molar-refractivity contribution in [3.05, 3.63) is 59.2 Å². The number of imidazole rings is 1. The Morgan fingerprint density at radius 3 is 2.46 bits per heavy atom. The number of aromatic nitrogens is 5. The fraction of sp³-hybridized carbons (Fsp3) is 0.448. The SMILES string of the molecule is Cc1nc(Nc2ncc(F)c(-c3cc(F)c4nc(C)n(C(C)C)c4c3)n2)ccc1CC1CCC(C)CC1. The highest BCUT2D eigenvalue weighted by Crippen LogP contribution is 2.32. The highest BCUT2D eigenvalue weighted by molar-refractivity contribution is 5.83. The predicted octanol–water partition coefficient (Wildman–Crippen LogP) is 7.48. The van der Waals surface area contributed by atoms with Crippen molar-refractivity contribution in [2.45, 2.75) is 72.8 Å². The number of benzene rings is 1. The molecule has 1 fully saturated rings. The molecule has 0 amide bonds. The molecule has 1 aliphatic carbocycles. The zero-order valence-electron chi connectivity index (χ0n) is 22.1. The number of pyridine rings is 1. The van der Waals surface area contributed by atoms with E-state index in [2.05, 4.69) is 33.3 Å². The lowest BCUT2D eigenvalue weighted by Crippen LogP contribution is -2.15. The number of halogens is 2. The molecule has 3 heterocycles. The lowest BCUT2D eigenvalue weighted by molar-refractivity contribution is 0.288. The molecule has 1 aliphatic rings. The highest BCUT2D eigenvalue weighted by Gasteiger charge is 2.20. The Morgan fingerprint density at radius 1 is 1.00 bits per heavy atom. The lowest BCUT2D eigenvalue weighted by Gasteiger charge is -2.26. The average molecular weight is 505 g/mol. The summed E-state index contributed by atoms with van der Waals surface area (Å²) >= 11 is 0. The van der Waals surface area contributed by atoms with Crippen molar-refractivity contribution in [1.29, 1.82) is 0 Å². The number of rotatable bonds is 6. The van der Waals surface area contributed by atoms with E-state index in [0.717, 1.165) is 24.2 Å². The van der Waals surface area contributed by atoms with Crippen LogP contribution in [0.3, 0.4) is 0 Å². The van der Waals surface area contributed by atoms with Crippen molar-refractivity contribution in [1.82, 2.24) is 24.5 Å². The van der Waals surface area contributed by atoms with Gasteiger partial charge < -0.3 is 9.88 Å². The summed E-state index contributed by atoms with van der Waals surface area (Å²) in [4.78, 5) is 17.6. The maximum Gasteiger partial charge on any atom is 0.229 e. The van der Waals surface area contributed by atoms with Crippen molar-refractivity contribution in [2.75, 3.05) is 5.32 Å². The molecule has 0 aliphatic heterocycles. The molecule has 5 rings (SSSR count). The van der Waals surface area contributed by atoms with Crippen LogP contribution in [0.2, 0.25) is 0 Å². The monoisotopic (exact) mass is 504 g/mol. The van der Waals surface area contributed by atoms with Crippen LogP contribution in [0.15, 0.2) is 30.5 Å². The van der Waals surface area contributed by atoms with E-state index in [-0.39, 0.29) is 23.2 Å². The number of fused-ring (bicyclic) bond motifs is 1. The molecule has 0 bridgehead atoms. The van der Waals surface area contributed by atoms with Gasteiger partial charge >= 0.3 is 0 Å². The second kappa shape index (κ2) is 10.1. The number of hydrogen-bond acceptors (Lipinski definition) is 5. The molecule has 37 heavy (non-hydrogen) atoms. The molecule has 194 valence electrons. The van der Waals surface area contributed by atoms with Gasteiger partial charge in [-0.15, -0.1) is 0 Å². The maximum absolute atomic E-state index is 15.0. The van der Waals surface area contributed by atoms with Gasteiger partial charge in [0.15, 0.2) is 11.6 Å². The minimum absolute atomic E-state index is 0.0207. The standard InChI is InChI=1S/C29H34F2N6/c1-16(2)37-19(5)34-28-23(30)13-22(14-25(28)37)27-24(31)15-32-29(36-27)35-26-11-10-21(18(4)33-26)12-20-8-6-17(3)7-9-20/h10-11,13-17,20H,6-9,12H2,1-5H3,(H,32,33,35,36). The number of anilines is 2. The van der Waals surface area contributed by atoms with Crippen molar-refractivity contribution < 1.29 is 8.78 Å². The maximum atomic E-state index is 15.0. The summed E-state index contributed by atoms with van der Waals surface area (Å²) in [5, 5.41) is 3.09. The van der Waals surface area contributed by atoms with E-state index in [4.69, 9.17) is 4.98 Å². The van der Waals surface area contributed by atoms with Crippen LogP contribution in [0, 0.1) is 37.3 Å². The van der Waals surface area contributed by atoms with E-state index in [9.17, 15) is 8.78 Å². The van der Waals surface area contributed by atoms with Gasteiger partial charge in [-0.25, -0.2) is 28.7 Å². The molecule has 1 saturated carbocycles. The predicted molar refractivity (Wildman–Crippen MR) is 143 cm³/mol. The molecular weight excluding hydrogens is 470 g/mol. The van der Waals surface area contributed by atoms with E-state index in [1.165, 1.54) is 37.3 Å². The Labute approximate surface area is 216 Å². The largest absolute Gasteiger partial charge is 0.326 e. The van der Waals surface area contributed by atoms with Crippen molar-refractivity contribution in [3.8, 4) is 11.3 Å². The quantitative estimate of drug-likeness (QED) is 0.295. The van der Waals surface area contributed by atoms with Gasteiger partial charge in [0.2, 0.25) is 5.95 Å². The van der Waals surface area contributed by atoms with Crippen molar-refractivity contribution in [2.24, 2.45) is 11.8 Å². The van der Waals surface area contributed by atoms with Crippen LogP contribution in [0.4, 0.5) is 20.5 Å². The molecule has 3 aromatic heterocycles. The minimum Gasteiger partial charge on any atom is -0.326 e. The van der Waals surface area contributed by atoms with E-state index in [0.29, 0.717) is 28.6 Å². The van der Waals surface area contributed by atoms with Gasteiger partial charge in [-0.3, -0.25) is 0 Å². The van der Waals surface area contributed by atoms with Gasteiger partial charge in [0.1, 0.15) is 22.9 Å². The van der Waals surface area contributed by atoms with E-state index < -0.39 is 11.6 Å². The second-order valence-corrected chi connectivity index (χ2v) is 10.7. The molecule has 6 nitrogen and oxygen atoms in total. The van der Waals surface area contributed by atoms with Gasteiger partial charge in [-0.1, -0.05) is 25.8 Å². The zero-order valence-corrected chi connectivity index (χ0v) is 22.1. The molecule has 1 N–H and O–H groups in total. The Hall–Kier alpha value is -3.42. The summed E-state index contributed by atoms with van der Waals surface area (Å²) in [5.74, 6) is 1.90. The third kappa shape index (κ3) is 5.20. The molecule has 0 spiro atoms. The third-order valence-electron chi connectivity index (χ3n) is 7.54. The molecule has 0 atom stereocenters. The van der Waals surface area contributed by atoms with E-state index in [1.54, 1.807) is 6.07 Å². The molecule has 4 aromatic rings. The number of nitrogens with zero attached hydrogens (tertiary/aromatic N) is 5. The van der Waals surface area contributed by atoms with E-state index >= 15 is 0 Å². The molecular formula is C29H34F2N6. The highest BCUT2D eigenvalue weighted by atomic mass is 19.1. The number of nitrogens with one attached hydrogen (secondary N) is 1. The second-order valence-electron chi connectivity index (χ2n) is 10.7. The molecule has 1 aromatic carbocycles. The topological polar surface area (TPSA) is 68.5 Å². The molecule has 0 unspecified atom stereocenters. The van der Waals surface area contributed by atoms with Gasteiger partial charge in [0, 0.05) is 17.3 Å². The summed E-state index contributed by atoms with van der Waals surface area (Å²) in [6, 6.07) is 7.10. The fourth-order valence-corrected chi connectivity index (χ4v) is 5.52.